The average Bonchev–Trinajstić information content (AvgIpc) is 3.39. The second kappa shape index (κ2) is 8.31. The highest BCUT2D eigenvalue weighted by molar-refractivity contribution is 8.00. The van der Waals surface area contributed by atoms with E-state index in [1.807, 2.05) is 83.9 Å². The fourth-order valence-electron chi connectivity index (χ4n) is 3.19. The maximum absolute atomic E-state index is 12.6. The molecule has 2 heterocycles. The topological polar surface area (TPSA) is 52.6 Å². The van der Waals surface area contributed by atoms with Crippen molar-refractivity contribution in [2.24, 2.45) is 0 Å². The predicted molar refractivity (Wildman–Crippen MR) is 122 cm³/mol. The molecule has 148 valence electrons. The molecule has 1 N–H and O–H groups in total. The van der Waals surface area contributed by atoms with Crippen LogP contribution in [-0.4, -0.2) is 31.7 Å². The van der Waals surface area contributed by atoms with Crippen molar-refractivity contribution in [2.45, 2.75) is 5.37 Å². The molecule has 0 spiro atoms. The SMILES string of the molecule is CN(C)c1ccc(N2C(=O)CS[C@@H]2c2ccc(NC(=O)c3cccs3)cc2)cc1. The molecule has 29 heavy (non-hydrogen) atoms. The Morgan fingerprint density at radius 3 is 2.41 bits per heavy atom. The van der Waals surface area contributed by atoms with E-state index in [4.69, 9.17) is 0 Å². The van der Waals surface area contributed by atoms with Crippen LogP contribution >= 0.6 is 23.1 Å². The quantitative estimate of drug-likeness (QED) is 0.638. The highest BCUT2D eigenvalue weighted by Crippen LogP contribution is 2.42. The molecule has 0 bridgehead atoms. The molecule has 2 aromatic carbocycles. The lowest BCUT2D eigenvalue weighted by Crippen LogP contribution is -2.27. The van der Waals surface area contributed by atoms with Gasteiger partial charge in [-0.3, -0.25) is 14.5 Å². The lowest BCUT2D eigenvalue weighted by molar-refractivity contribution is -0.115. The van der Waals surface area contributed by atoms with E-state index < -0.39 is 0 Å². The lowest BCUT2D eigenvalue weighted by atomic mass is 10.1. The average molecular weight is 424 g/mol. The molecular weight excluding hydrogens is 402 g/mol. The van der Waals surface area contributed by atoms with Crippen LogP contribution in [0.25, 0.3) is 0 Å². The Kier molecular flexibility index (Phi) is 5.60. The molecule has 1 aliphatic rings. The van der Waals surface area contributed by atoms with Crippen LogP contribution in [0.15, 0.2) is 66.0 Å². The van der Waals surface area contributed by atoms with Crippen LogP contribution in [0.2, 0.25) is 0 Å². The summed E-state index contributed by atoms with van der Waals surface area (Å²) in [6.07, 6.45) is 0. The largest absolute Gasteiger partial charge is 0.378 e. The van der Waals surface area contributed by atoms with Crippen LogP contribution < -0.4 is 15.1 Å². The van der Waals surface area contributed by atoms with Crippen LogP contribution in [0, 0.1) is 0 Å². The molecule has 1 fully saturated rings. The highest BCUT2D eigenvalue weighted by atomic mass is 32.2. The highest BCUT2D eigenvalue weighted by Gasteiger charge is 2.34. The number of rotatable bonds is 5. The van der Waals surface area contributed by atoms with E-state index in [-0.39, 0.29) is 17.2 Å². The standard InChI is InChI=1S/C22H21N3O2S2/c1-24(2)17-9-11-18(12-10-17)25-20(26)14-29-22(25)15-5-7-16(8-6-15)23-21(27)19-4-3-13-28-19/h3-13,22H,14H2,1-2H3,(H,23,27)/t22-/m1/s1. The van der Waals surface area contributed by atoms with E-state index in [1.165, 1.54) is 11.3 Å². The Balaban J connectivity index is 1.52. The molecule has 3 aromatic rings. The zero-order valence-electron chi connectivity index (χ0n) is 16.2. The number of nitrogens with one attached hydrogen (secondary N) is 1. The van der Waals surface area contributed by atoms with Crippen LogP contribution in [0.4, 0.5) is 17.1 Å². The summed E-state index contributed by atoms with van der Waals surface area (Å²) in [5.41, 5.74) is 3.76. The van der Waals surface area contributed by atoms with E-state index in [1.54, 1.807) is 17.8 Å². The number of hydrogen-bond donors (Lipinski definition) is 1. The molecule has 1 atom stereocenters. The zero-order chi connectivity index (χ0) is 20.4. The minimum atomic E-state index is -0.110. The van der Waals surface area contributed by atoms with Crippen molar-refractivity contribution in [3.05, 3.63) is 76.5 Å². The predicted octanol–water partition coefficient (Wildman–Crippen LogP) is 4.85. The number of amides is 2. The molecule has 0 radical (unpaired) electrons. The van der Waals surface area contributed by atoms with Crippen molar-refractivity contribution in [3.8, 4) is 0 Å². The summed E-state index contributed by atoms with van der Waals surface area (Å²) in [6.45, 7) is 0. The number of benzene rings is 2. The fraction of sp³-hybridized carbons (Fsp3) is 0.182. The maximum Gasteiger partial charge on any atom is 0.265 e. The molecule has 1 saturated heterocycles. The minimum Gasteiger partial charge on any atom is -0.378 e. The number of carbonyl (C=O) groups excluding carboxylic acids is 2. The first-order chi connectivity index (χ1) is 14.0. The van der Waals surface area contributed by atoms with Gasteiger partial charge >= 0.3 is 0 Å². The molecule has 0 unspecified atom stereocenters. The molecule has 7 heteroatoms. The van der Waals surface area contributed by atoms with E-state index in [0.717, 1.165) is 22.6 Å². The summed E-state index contributed by atoms with van der Waals surface area (Å²) in [4.78, 5) is 29.3. The molecule has 5 nitrogen and oxygen atoms in total. The van der Waals surface area contributed by atoms with Crippen LogP contribution in [0.5, 0.6) is 0 Å². The van der Waals surface area contributed by atoms with Crippen molar-refractivity contribution >= 4 is 52.0 Å². The summed E-state index contributed by atoms with van der Waals surface area (Å²) in [5.74, 6) is 0.449. The third-order valence-corrected chi connectivity index (χ3v) is 6.79. The Bertz CT molecular complexity index is 1000. The normalized spacial score (nSPS) is 16.1. The van der Waals surface area contributed by atoms with Crippen molar-refractivity contribution in [1.29, 1.82) is 0 Å². The number of hydrogen-bond acceptors (Lipinski definition) is 5. The third kappa shape index (κ3) is 4.16. The van der Waals surface area contributed by atoms with Gasteiger partial charge in [-0.15, -0.1) is 23.1 Å². The van der Waals surface area contributed by atoms with Crippen molar-refractivity contribution in [3.63, 3.8) is 0 Å². The van der Waals surface area contributed by atoms with E-state index in [2.05, 4.69) is 5.32 Å². The van der Waals surface area contributed by atoms with Gasteiger partial charge in [-0.2, -0.15) is 0 Å². The molecule has 1 aromatic heterocycles. The van der Waals surface area contributed by atoms with Gasteiger partial charge in [0.15, 0.2) is 0 Å². The number of carbonyl (C=O) groups is 2. The smallest absolute Gasteiger partial charge is 0.265 e. The van der Waals surface area contributed by atoms with Gasteiger partial charge in [0.2, 0.25) is 5.91 Å². The van der Waals surface area contributed by atoms with Gasteiger partial charge in [-0.05, 0) is 53.4 Å². The number of thioether (sulfide) groups is 1. The van der Waals surface area contributed by atoms with E-state index in [0.29, 0.717) is 10.6 Å². The molecule has 4 rings (SSSR count). The van der Waals surface area contributed by atoms with Gasteiger partial charge in [-0.25, -0.2) is 0 Å². The summed E-state index contributed by atoms with van der Waals surface area (Å²) in [5, 5.41) is 4.72. The Morgan fingerprint density at radius 1 is 1.07 bits per heavy atom. The van der Waals surface area contributed by atoms with Crippen molar-refractivity contribution < 1.29 is 9.59 Å². The fourth-order valence-corrected chi connectivity index (χ4v) is 4.99. The van der Waals surface area contributed by atoms with Crippen molar-refractivity contribution in [2.75, 3.05) is 35.0 Å². The first-order valence-electron chi connectivity index (χ1n) is 9.19. The summed E-state index contributed by atoms with van der Waals surface area (Å²) in [6, 6.07) is 19.4. The number of anilines is 3. The number of thiophene rings is 1. The molecule has 0 aliphatic carbocycles. The Labute approximate surface area is 178 Å². The first kappa shape index (κ1) is 19.5. The molecule has 0 saturated carbocycles. The van der Waals surface area contributed by atoms with Gasteiger partial charge < -0.3 is 10.2 Å². The summed E-state index contributed by atoms with van der Waals surface area (Å²) in [7, 11) is 3.99. The van der Waals surface area contributed by atoms with Crippen LogP contribution in [0.1, 0.15) is 20.6 Å². The second-order valence-corrected chi connectivity index (χ2v) is 8.91. The monoisotopic (exact) mass is 423 g/mol. The maximum atomic E-state index is 12.6. The molecule has 2 amide bonds. The van der Waals surface area contributed by atoms with Gasteiger partial charge in [0.1, 0.15) is 5.37 Å². The van der Waals surface area contributed by atoms with E-state index in [9.17, 15) is 9.59 Å². The molecule has 1 aliphatic heterocycles. The zero-order valence-corrected chi connectivity index (χ0v) is 17.8. The number of nitrogens with zero attached hydrogens (tertiary/aromatic N) is 2. The first-order valence-corrected chi connectivity index (χ1v) is 11.1. The van der Waals surface area contributed by atoms with Gasteiger partial charge in [-0.1, -0.05) is 18.2 Å². The van der Waals surface area contributed by atoms with Gasteiger partial charge in [0.05, 0.1) is 10.6 Å². The lowest BCUT2D eigenvalue weighted by Gasteiger charge is -2.25. The van der Waals surface area contributed by atoms with Crippen LogP contribution in [0.3, 0.4) is 0 Å². The molecular formula is C22H21N3O2S2. The minimum absolute atomic E-state index is 0.0743. The van der Waals surface area contributed by atoms with Gasteiger partial charge in [0.25, 0.3) is 5.91 Å². The van der Waals surface area contributed by atoms with Crippen molar-refractivity contribution in [1.82, 2.24) is 0 Å². The Hall–Kier alpha value is -2.77. The van der Waals surface area contributed by atoms with Gasteiger partial charge in [0, 0.05) is 31.2 Å². The Morgan fingerprint density at radius 2 is 1.79 bits per heavy atom. The second-order valence-electron chi connectivity index (χ2n) is 6.89. The van der Waals surface area contributed by atoms with Crippen LogP contribution in [-0.2, 0) is 4.79 Å². The third-order valence-electron chi connectivity index (χ3n) is 4.71. The summed E-state index contributed by atoms with van der Waals surface area (Å²) >= 11 is 3.03. The summed E-state index contributed by atoms with van der Waals surface area (Å²) < 4.78 is 0. The van der Waals surface area contributed by atoms with E-state index >= 15 is 0 Å².